The lowest BCUT2D eigenvalue weighted by molar-refractivity contribution is 0.0951. The van der Waals surface area contributed by atoms with E-state index in [-0.39, 0.29) is 16.8 Å². The molecule has 6 nitrogen and oxygen atoms in total. The SMILES string of the molecule is COc1ccc(S(=O)(=O)N(C)c2ccc(C(=O)NC3CC3)cc2C)cc1. The summed E-state index contributed by atoms with van der Waals surface area (Å²) in [6, 6.07) is 11.6. The lowest BCUT2D eigenvalue weighted by atomic mass is 10.1. The summed E-state index contributed by atoms with van der Waals surface area (Å²) in [6.45, 7) is 1.79. The third-order valence-corrected chi connectivity index (χ3v) is 6.21. The van der Waals surface area contributed by atoms with Gasteiger partial charge in [-0.2, -0.15) is 0 Å². The summed E-state index contributed by atoms with van der Waals surface area (Å²) in [7, 11) is -0.671. The Hall–Kier alpha value is -2.54. The van der Waals surface area contributed by atoms with Gasteiger partial charge in [0.25, 0.3) is 15.9 Å². The lowest BCUT2D eigenvalue weighted by Gasteiger charge is -2.22. The number of carbonyl (C=O) groups excluding carboxylic acids is 1. The normalized spacial score (nSPS) is 14.0. The molecule has 0 aliphatic heterocycles. The summed E-state index contributed by atoms with van der Waals surface area (Å²) in [4.78, 5) is 12.3. The molecular formula is C19H22N2O4S. The van der Waals surface area contributed by atoms with Crippen LogP contribution in [-0.4, -0.2) is 34.5 Å². The van der Waals surface area contributed by atoms with Crippen molar-refractivity contribution in [2.45, 2.75) is 30.7 Å². The number of sulfonamides is 1. The first-order chi connectivity index (χ1) is 12.3. The summed E-state index contributed by atoms with van der Waals surface area (Å²) in [5, 5.41) is 2.93. The summed E-state index contributed by atoms with van der Waals surface area (Å²) in [6.07, 6.45) is 2.04. The van der Waals surface area contributed by atoms with Crippen LogP contribution < -0.4 is 14.4 Å². The van der Waals surface area contributed by atoms with E-state index in [2.05, 4.69) is 5.32 Å². The number of methoxy groups -OCH3 is 1. The van der Waals surface area contributed by atoms with Gasteiger partial charge in [0.05, 0.1) is 17.7 Å². The van der Waals surface area contributed by atoms with Gasteiger partial charge in [-0.15, -0.1) is 0 Å². The van der Waals surface area contributed by atoms with Crippen LogP contribution in [0.2, 0.25) is 0 Å². The molecule has 1 aliphatic carbocycles. The predicted octanol–water partition coefficient (Wildman–Crippen LogP) is 2.72. The monoisotopic (exact) mass is 374 g/mol. The second kappa shape index (κ2) is 6.99. The molecule has 0 heterocycles. The number of benzene rings is 2. The van der Waals surface area contributed by atoms with Crippen molar-refractivity contribution in [3.05, 3.63) is 53.6 Å². The number of amides is 1. The maximum absolute atomic E-state index is 12.9. The van der Waals surface area contributed by atoms with E-state index < -0.39 is 10.0 Å². The maximum Gasteiger partial charge on any atom is 0.264 e. The minimum Gasteiger partial charge on any atom is -0.497 e. The Bertz CT molecular complexity index is 919. The standard InChI is InChI=1S/C19H22N2O4S/c1-13-12-14(19(22)20-15-5-6-15)4-11-18(13)21(2)26(23,24)17-9-7-16(25-3)8-10-17/h4,7-12,15H,5-6H2,1-3H3,(H,20,22). The van der Waals surface area contributed by atoms with Crippen molar-refractivity contribution in [1.82, 2.24) is 5.32 Å². The highest BCUT2D eigenvalue weighted by molar-refractivity contribution is 7.92. The number of aryl methyl sites for hydroxylation is 1. The molecule has 0 radical (unpaired) electrons. The number of carbonyl (C=O) groups is 1. The number of hydrogen-bond acceptors (Lipinski definition) is 4. The van der Waals surface area contributed by atoms with Crippen LogP contribution in [-0.2, 0) is 10.0 Å². The predicted molar refractivity (Wildman–Crippen MR) is 100 cm³/mol. The van der Waals surface area contributed by atoms with Crippen LogP contribution in [0, 0.1) is 6.92 Å². The molecule has 3 rings (SSSR count). The molecule has 0 bridgehead atoms. The Labute approximate surface area is 153 Å². The largest absolute Gasteiger partial charge is 0.497 e. The fraction of sp³-hybridized carbons (Fsp3) is 0.316. The quantitative estimate of drug-likeness (QED) is 0.844. The molecular weight excluding hydrogens is 352 g/mol. The van der Waals surface area contributed by atoms with Crippen LogP contribution in [0.5, 0.6) is 5.75 Å². The van der Waals surface area contributed by atoms with Gasteiger partial charge < -0.3 is 10.1 Å². The molecule has 2 aromatic rings. The third-order valence-electron chi connectivity index (χ3n) is 4.43. The van der Waals surface area contributed by atoms with Crippen molar-refractivity contribution in [1.29, 1.82) is 0 Å². The molecule has 138 valence electrons. The Morgan fingerprint density at radius 1 is 1.15 bits per heavy atom. The average molecular weight is 374 g/mol. The van der Waals surface area contributed by atoms with E-state index in [1.54, 1.807) is 37.3 Å². The number of nitrogens with one attached hydrogen (secondary N) is 1. The zero-order chi connectivity index (χ0) is 18.9. The van der Waals surface area contributed by atoms with Gasteiger partial charge in [0, 0.05) is 18.7 Å². The van der Waals surface area contributed by atoms with E-state index in [1.807, 2.05) is 0 Å². The zero-order valence-corrected chi connectivity index (χ0v) is 15.8. The number of hydrogen-bond donors (Lipinski definition) is 1. The van der Waals surface area contributed by atoms with Gasteiger partial charge in [-0.05, 0) is 67.8 Å². The van der Waals surface area contributed by atoms with E-state index >= 15 is 0 Å². The maximum atomic E-state index is 12.9. The molecule has 0 spiro atoms. The molecule has 0 unspecified atom stereocenters. The molecule has 0 aromatic heterocycles. The summed E-state index contributed by atoms with van der Waals surface area (Å²) in [5.74, 6) is 0.469. The van der Waals surface area contributed by atoms with Crippen LogP contribution in [0.25, 0.3) is 0 Å². The summed E-state index contributed by atoms with van der Waals surface area (Å²) in [5.41, 5.74) is 1.78. The van der Waals surface area contributed by atoms with Gasteiger partial charge in [0.1, 0.15) is 5.75 Å². The molecule has 1 saturated carbocycles. The second-order valence-electron chi connectivity index (χ2n) is 6.40. The van der Waals surface area contributed by atoms with E-state index in [1.165, 1.54) is 30.6 Å². The average Bonchev–Trinajstić information content (AvgIpc) is 3.45. The second-order valence-corrected chi connectivity index (χ2v) is 8.37. The minimum atomic E-state index is -3.70. The van der Waals surface area contributed by atoms with Crippen molar-refractivity contribution in [3.63, 3.8) is 0 Å². The fourth-order valence-electron chi connectivity index (χ4n) is 2.68. The first kappa shape index (κ1) is 18.3. The zero-order valence-electron chi connectivity index (χ0n) is 15.0. The Balaban J connectivity index is 1.85. The van der Waals surface area contributed by atoms with Crippen molar-refractivity contribution >= 4 is 21.6 Å². The molecule has 0 atom stereocenters. The molecule has 26 heavy (non-hydrogen) atoms. The minimum absolute atomic E-state index is 0.122. The van der Waals surface area contributed by atoms with Crippen molar-refractivity contribution in [3.8, 4) is 5.75 Å². The lowest BCUT2D eigenvalue weighted by Crippen LogP contribution is -2.28. The van der Waals surface area contributed by atoms with Crippen molar-refractivity contribution in [2.24, 2.45) is 0 Å². The Morgan fingerprint density at radius 2 is 1.81 bits per heavy atom. The topological polar surface area (TPSA) is 75.7 Å². The molecule has 1 N–H and O–H groups in total. The van der Waals surface area contributed by atoms with Crippen LogP contribution in [0.4, 0.5) is 5.69 Å². The van der Waals surface area contributed by atoms with E-state index in [0.29, 0.717) is 22.6 Å². The fourth-order valence-corrected chi connectivity index (χ4v) is 3.94. The first-order valence-electron chi connectivity index (χ1n) is 8.37. The third kappa shape index (κ3) is 3.67. The highest BCUT2D eigenvalue weighted by Crippen LogP contribution is 2.27. The van der Waals surface area contributed by atoms with Gasteiger partial charge in [-0.3, -0.25) is 9.10 Å². The van der Waals surface area contributed by atoms with Crippen LogP contribution >= 0.6 is 0 Å². The smallest absolute Gasteiger partial charge is 0.264 e. The van der Waals surface area contributed by atoms with Gasteiger partial charge in [0.15, 0.2) is 0 Å². The Morgan fingerprint density at radius 3 is 2.35 bits per heavy atom. The highest BCUT2D eigenvalue weighted by Gasteiger charge is 2.25. The molecule has 7 heteroatoms. The first-order valence-corrected chi connectivity index (χ1v) is 9.81. The van der Waals surface area contributed by atoms with Gasteiger partial charge >= 0.3 is 0 Å². The number of nitrogens with zero attached hydrogens (tertiary/aromatic N) is 1. The van der Waals surface area contributed by atoms with Gasteiger partial charge in [-0.25, -0.2) is 8.42 Å². The van der Waals surface area contributed by atoms with E-state index in [0.717, 1.165) is 12.8 Å². The number of anilines is 1. The molecule has 1 amide bonds. The number of rotatable bonds is 6. The van der Waals surface area contributed by atoms with Crippen molar-refractivity contribution in [2.75, 3.05) is 18.5 Å². The highest BCUT2D eigenvalue weighted by atomic mass is 32.2. The summed E-state index contributed by atoms with van der Waals surface area (Å²) >= 11 is 0. The van der Waals surface area contributed by atoms with Crippen LogP contribution in [0.1, 0.15) is 28.8 Å². The van der Waals surface area contributed by atoms with Gasteiger partial charge in [-0.1, -0.05) is 0 Å². The molecule has 1 fully saturated rings. The van der Waals surface area contributed by atoms with Crippen molar-refractivity contribution < 1.29 is 17.9 Å². The molecule has 1 aliphatic rings. The molecule has 2 aromatic carbocycles. The Kier molecular flexibility index (Phi) is 4.91. The number of ether oxygens (including phenoxy) is 1. The molecule has 0 saturated heterocycles. The van der Waals surface area contributed by atoms with E-state index in [4.69, 9.17) is 4.74 Å². The van der Waals surface area contributed by atoms with Crippen LogP contribution in [0.15, 0.2) is 47.4 Å². The van der Waals surface area contributed by atoms with E-state index in [9.17, 15) is 13.2 Å². The summed E-state index contributed by atoms with van der Waals surface area (Å²) < 4.78 is 32.0. The van der Waals surface area contributed by atoms with Crippen LogP contribution in [0.3, 0.4) is 0 Å². The van der Waals surface area contributed by atoms with Gasteiger partial charge in [0.2, 0.25) is 0 Å².